The lowest BCUT2D eigenvalue weighted by molar-refractivity contribution is -0.151. The number of aromatic nitrogens is 3. The van der Waals surface area contributed by atoms with Crippen LogP contribution in [0.5, 0.6) is 0 Å². The molecule has 0 spiro atoms. The fourth-order valence-electron chi connectivity index (χ4n) is 1.58. The van der Waals surface area contributed by atoms with E-state index in [-0.39, 0.29) is 11.7 Å². The van der Waals surface area contributed by atoms with Gasteiger partial charge in [-0.05, 0) is 32.9 Å². The van der Waals surface area contributed by atoms with E-state index in [1.165, 1.54) is 11.8 Å². The minimum Gasteiger partial charge on any atom is -0.459 e. The molecule has 0 unspecified atom stereocenters. The molecule has 106 valence electrons. The van der Waals surface area contributed by atoms with Gasteiger partial charge >= 0.3 is 5.97 Å². The van der Waals surface area contributed by atoms with E-state index >= 15 is 0 Å². The SMILES string of the molecule is CC(C)(C)OC(=O)CSc1nncn1-c1ccccc1. The summed E-state index contributed by atoms with van der Waals surface area (Å²) in [4.78, 5) is 11.7. The molecule has 0 saturated carbocycles. The number of hydrogen-bond acceptors (Lipinski definition) is 5. The summed E-state index contributed by atoms with van der Waals surface area (Å²) in [5.74, 6) is -0.0480. The molecule has 0 radical (unpaired) electrons. The Morgan fingerprint density at radius 1 is 1.30 bits per heavy atom. The van der Waals surface area contributed by atoms with Crippen molar-refractivity contribution in [2.75, 3.05) is 5.75 Å². The van der Waals surface area contributed by atoms with E-state index in [9.17, 15) is 4.79 Å². The summed E-state index contributed by atoms with van der Waals surface area (Å²) in [5.41, 5.74) is 0.495. The number of benzene rings is 1. The molecule has 0 bridgehead atoms. The van der Waals surface area contributed by atoms with Crippen molar-refractivity contribution in [2.24, 2.45) is 0 Å². The van der Waals surface area contributed by atoms with Gasteiger partial charge in [0.1, 0.15) is 11.9 Å². The topological polar surface area (TPSA) is 57.0 Å². The summed E-state index contributed by atoms with van der Waals surface area (Å²) in [6.07, 6.45) is 1.63. The van der Waals surface area contributed by atoms with Crippen LogP contribution in [-0.2, 0) is 9.53 Å². The van der Waals surface area contributed by atoms with E-state index < -0.39 is 5.60 Å². The van der Waals surface area contributed by atoms with E-state index in [1.54, 1.807) is 6.33 Å². The molecule has 0 aliphatic heterocycles. The monoisotopic (exact) mass is 291 g/mol. The molecule has 1 heterocycles. The molecule has 2 rings (SSSR count). The lowest BCUT2D eigenvalue weighted by atomic mass is 10.2. The molecule has 1 aromatic carbocycles. The number of para-hydroxylation sites is 1. The third kappa shape index (κ3) is 4.09. The van der Waals surface area contributed by atoms with Gasteiger partial charge in [-0.1, -0.05) is 30.0 Å². The summed E-state index contributed by atoms with van der Waals surface area (Å²) in [6.45, 7) is 5.55. The molecular weight excluding hydrogens is 274 g/mol. The van der Waals surface area contributed by atoms with Crippen LogP contribution in [0.2, 0.25) is 0 Å². The van der Waals surface area contributed by atoms with Gasteiger partial charge in [-0.25, -0.2) is 0 Å². The second kappa shape index (κ2) is 6.09. The van der Waals surface area contributed by atoms with Crippen LogP contribution in [0.15, 0.2) is 41.8 Å². The van der Waals surface area contributed by atoms with Gasteiger partial charge in [0.15, 0.2) is 5.16 Å². The van der Waals surface area contributed by atoms with Crippen LogP contribution in [0.3, 0.4) is 0 Å². The summed E-state index contributed by atoms with van der Waals surface area (Å²) >= 11 is 1.31. The van der Waals surface area contributed by atoms with Crippen molar-refractivity contribution >= 4 is 17.7 Å². The molecule has 0 atom stereocenters. The van der Waals surface area contributed by atoms with Crippen molar-refractivity contribution < 1.29 is 9.53 Å². The number of carbonyl (C=O) groups is 1. The average Bonchev–Trinajstić information content (AvgIpc) is 2.83. The fourth-order valence-corrected chi connectivity index (χ4v) is 2.29. The molecule has 0 amide bonds. The first kappa shape index (κ1) is 14.6. The van der Waals surface area contributed by atoms with Gasteiger partial charge in [0, 0.05) is 5.69 Å². The molecule has 0 fully saturated rings. The number of esters is 1. The largest absolute Gasteiger partial charge is 0.459 e. The Morgan fingerprint density at radius 2 is 2.00 bits per heavy atom. The third-order valence-electron chi connectivity index (χ3n) is 2.29. The Kier molecular flexibility index (Phi) is 4.44. The second-order valence-electron chi connectivity index (χ2n) is 5.19. The van der Waals surface area contributed by atoms with Gasteiger partial charge in [0.25, 0.3) is 0 Å². The Morgan fingerprint density at radius 3 is 2.65 bits per heavy atom. The summed E-state index contributed by atoms with van der Waals surface area (Å²) in [6, 6.07) is 9.75. The van der Waals surface area contributed by atoms with Crippen molar-refractivity contribution in [3.8, 4) is 5.69 Å². The van der Waals surface area contributed by atoms with E-state index in [2.05, 4.69) is 10.2 Å². The maximum atomic E-state index is 11.7. The highest BCUT2D eigenvalue weighted by molar-refractivity contribution is 7.99. The molecule has 0 aliphatic rings. The minimum absolute atomic E-state index is 0.211. The molecule has 0 aliphatic carbocycles. The average molecular weight is 291 g/mol. The Labute approximate surface area is 122 Å². The van der Waals surface area contributed by atoms with Crippen molar-refractivity contribution in [2.45, 2.75) is 31.5 Å². The molecule has 20 heavy (non-hydrogen) atoms. The molecular formula is C14H17N3O2S. The summed E-state index contributed by atoms with van der Waals surface area (Å²) in [7, 11) is 0. The first-order chi connectivity index (χ1) is 9.46. The standard InChI is InChI=1S/C14H17N3O2S/c1-14(2,3)19-12(18)9-20-13-16-15-10-17(13)11-7-5-4-6-8-11/h4-8,10H,9H2,1-3H3. The van der Waals surface area contributed by atoms with E-state index in [4.69, 9.17) is 4.74 Å². The number of hydrogen-bond donors (Lipinski definition) is 0. The lowest BCUT2D eigenvalue weighted by Gasteiger charge is -2.19. The van der Waals surface area contributed by atoms with Crippen molar-refractivity contribution in [1.82, 2.24) is 14.8 Å². The predicted octanol–water partition coefficient (Wildman–Crippen LogP) is 2.70. The van der Waals surface area contributed by atoms with Gasteiger partial charge in [-0.2, -0.15) is 0 Å². The van der Waals surface area contributed by atoms with Crippen LogP contribution < -0.4 is 0 Å². The van der Waals surface area contributed by atoms with Crippen LogP contribution in [0, 0.1) is 0 Å². The Balaban J connectivity index is 2.02. The summed E-state index contributed by atoms with van der Waals surface area (Å²) < 4.78 is 7.11. The van der Waals surface area contributed by atoms with Crippen LogP contribution in [0.25, 0.3) is 5.69 Å². The molecule has 5 nitrogen and oxygen atoms in total. The quantitative estimate of drug-likeness (QED) is 0.640. The highest BCUT2D eigenvalue weighted by Crippen LogP contribution is 2.20. The normalized spacial score (nSPS) is 11.3. The Hall–Kier alpha value is -1.82. The van der Waals surface area contributed by atoms with E-state index in [0.717, 1.165) is 5.69 Å². The first-order valence-corrected chi connectivity index (χ1v) is 7.24. The van der Waals surface area contributed by atoms with Gasteiger partial charge in [-0.15, -0.1) is 10.2 Å². The zero-order chi connectivity index (χ0) is 14.6. The van der Waals surface area contributed by atoms with Crippen LogP contribution in [-0.4, -0.2) is 32.1 Å². The van der Waals surface area contributed by atoms with E-state index in [0.29, 0.717) is 5.16 Å². The van der Waals surface area contributed by atoms with Crippen molar-refractivity contribution in [3.63, 3.8) is 0 Å². The van der Waals surface area contributed by atoms with Gasteiger partial charge in [0.05, 0.1) is 5.75 Å². The van der Waals surface area contributed by atoms with Crippen LogP contribution in [0.4, 0.5) is 0 Å². The fraction of sp³-hybridized carbons (Fsp3) is 0.357. The smallest absolute Gasteiger partial charge is 0.316 e. The van der Waals surface area contributed by atoms with Gasteiger partial charge in [0.2, 0.25) is 0 Å². The van der Waals surface area contributed by atoms with Crippen molar-refractivity contribution in [3.05, 3.63) is 36.7 Å². The van der Waals surface area contributed by atoms with Gasteiger partial charge < -0.3 is 4.74 Å². The zero-order valence-corrected chi connectivity index (χ0v) is 12.6. The maximum Gasteiger partial charge on any atom is 0.316 e. The first-order valence-electron chi connectivity index (χ1n) is 6.26. The maximum absolute atomic E-state index is 11.7. The molecule has 1 aromatic heterocycles. The zero-order valence-electron chi connectivity index (χ0n) is 11.7. The third-order valence-corrected chi connectivity index (χ3v) is 3.21. The highest BCUT2D eigenvalue weighted by atomic mass is 32.2. The van der Waals surface area contributed by atoms with Gasteiger partial charge in [-0.3, -0.25) is 9.36 Å². The minimum atomic E-state index is -0.468. The summed E-state index contributed by atoms with van der Waals surface area (Å²) in [5, 5.41) is 8.59. The van der Waals surface area contributed by atoms with Crippen LogP contribution >= 0.6 is 11.8 Å². The second-order valence-corrected chi connectivity index (χ2v) is 6.14. The number of nitrogens with zero attached hydrogens (tertiary/aromatic N) is 3. The number of thioether (sulfide) groups is 1. The Bertz CT molecular complexity index is 576. The van der Waals surface area contributed by atoms with E-state index in [1.807, 2.05) is 55.7 Å². The molecule has 0 saturated heterocycles. The lowest BCUT2D eigenvalue weighted by Crippen LogP contribution is -2.25. The molecule has 6 heteroatoms. The molecule has 2 aromatic rings. The number of rotatable bonds is 4. The molecule has 0 N–H and O–H groups in total. The van der Waals surface area contributed by atoms with Crippen LogP contribution in [0.1, 0.15) is 20.8 Å². The van der Waals surface area contributed by atoms with Crippen molar-refractivity contribution in [1.29, 1.82) is 0 Å². The highest BCUT2D eigenvalue weighted by Gasteiger charge is 2.17. The number of carbonyl (C=O) groups excluding carboxylic acids is 1. The predicted molar refractivity (Wildman–Crippen MR) is 77.9 cm³/mol. The number of ether oxygens (including phenoxy) is 1.